The molecule has 0 radical (unpaired) electrons. The summed E-state index contributed by atoms with van der Waals surface area (Å²) in [6, 6.07) is 15.1. The Labute approximate surface area is 159 Å². The van der Waals surface area contributed by atoms with E-state index in [1.165, 1.54) is 36.4 Å². The predicted molar refractivity (Wildman–Crippen MR) is 98.5 cm³/mol. The first-order valence-electron chi connectivity index (χ1n) is 8.44. The number of rotatable bonds is 6. The molecule has 3 rings (SSSR count). The van der Waals surface area contributed by atoms with Crippen LogP contribution in [-0.4, -0.2) is 22.0 Å². The number of carbonyl (C=O) groups excluding carboxylic acids is 1. The summed E-state index contributed by atoms with van der Waals surface area (Å²) in [4.78, 5) is 27.9. The number of nitrogens with one attached hydrogen (secondary N) is 1. The molecule has 0 saturated heterocycles. The molecule has 0 bridgehead atoms. The fourth-order valence-corrected chi connectivity index (χ4v) is 2.78. The van der Waals surface area contributed by atoms with E-state index in [2.05, 4.69) is 10.3 Å². The van der Waals surface area contributed by atoms with E-state index in [1.54, 1.807) is 30.3 Å². The molecule has 2 aromatic carbocycles. The van der Waals surface area contributed by atoms with Gasteiger partial charge < -0.3 is 10.4 Å². The lowest BCUT2D eigenvalue weighted by atomic mass is 10.0. The molecule has 5 nitrogen and oxygen atoms in total. The molecule has 0 aliphatic heterocycles. The van der Waals surface area contributed by atoms with Crippen molar-refractivity contribution in [3.05, 3.63) is 89.6 Å². The van der Waals surface area contributed by atoms with Crippen LogP contribution in [0.4, 0.5) is 8.78 Å². The Hall–Kier alpha value is -3.61. The maximum atomic E-state index is 14.1. The number of carbonyl (C=O) groups is 2. The Morgan fingerprint density at radius 1 is 0.929 bits per heavy atom. The molecular formula is C21H16F2N2O3. The lowest BCUT2D eigenvalue weighted by molar-refractivity contribution is -0.137. The van der Waals surface area contributed by atoms with Gasteiger partial charge in [-0.05, 0) is 30.3 Å². The molecule has 0 saturated carbocycles. The van der Waals surface area contributed by atoms with Gasteiger partial charge in [0.05, 0.1) is 18.2 Å². The fourth-order valence-electron chi connectivity index (χ4n) is 2.78. The highest BCUT2D eigenvalue weighted by molar-refractivity contribution is 5.93. The Kier molecular flexibility index (Phi) is 5.74. The molecule has 0 unspecified atom stereocenters. The van der Waals surface area contributed by atoms with Crippen molar-refractivity contribution in [2.24, 2.45) is 0 Å². The minimum atomic E-state index is -1.19. The number of aromatic nitrogens is 1. The number of benzene rings is 2. The number of carboxylic acid groups (broad SMARTS) is 1. The van der Waals surface area contributed by atoms with Crippen LogP contribution in [0.2, 0.25) is 0 Å². The minimum Gasteiger partial charge on any atom is -0.481 e. The predicted octanol–water partition coefficient (Wildman–Crippen LogP) is 3.97. The van der Waals surface area contributed by atoms with Gasteiger partial charge in [-0.3, -0.25) is 9.59 Å². The second kappa shape index (κ2) is 8.39. The third-order valence-corrected chi connectivity index (χ3v) is 4.10. The molecule has 1 heterocycles. The minimum absolute atomic E-state index is 0.0347. The van der Waals surface area contributed by atoms with E-state index in [-0.39, 0.29) is 22.5 Å². The lowest BCUT2D eigenvalue weighted by Gasteiger charge is -2.18. The summed E-state index contributed by atoms with van der Waals surface area (Å²) in [5.41, 5.74) is 0.510. The number of nitrogens with zero attached hydrogens (tertiary/aromatic N) is 1. The number of hydrogen-bond donors (Lipinski definition) is 2. The molecule has 1 aromatic heterocycles. The van der Waals surface area contributed by atoms with Gasteiger partial charge in [0, 0.05) is 11.1 Å². The highest BCUT2D eigenvalue weighted by Gasteiger charge is 2.22. The number of carboxylic acids is 1. The summed E-state index contributed by atoms with van der Waals surface area (Å²) >= 11 is 0. The van der Waals surface area contributed by atoms with E-state index in [9.17, 15) is 18.4 Å². The van der Waals surface area contributed by atoms with E-state index in [0.717, 1.165) is 0 Å². The van der Waals surface area contributed by atoms with Crippen molar-refractivity contribution in [3.8, 4) is 11.3 Å². The van der Waals surface area contributed by atoms with E-state index < -0.39 is 36.0 Å². The van der Waals surface area contributed by atoms with Crippen LogP contribution in [0.5, 0.6) is 0 Å². The summed E-state index contributed by atoms with van der Waals surface area (Å²) in [6.45, 7) is 0. The molecule has 1 atom stereocenters. The molecule has 28 heavy (non-hydrogen) atoms. The first-order chi connectivity index (χ1) is 13.5. The van der Waals surface area contributed by atoms with Crippen LogP contribution < -0.4 is 5.32 Å². The summed E-state index contributed by atoms with van der Waals surface area (Å²) in [5, 5.41) is 11.6. The summed E-state index contributed by atoms with van der Waals surface area (Å²) in [5.74, 6) is -2.99. The molecule has 0 aliphatic carbocycles. The highest BCUT2D eigenvalue weighted by Crippen LogP contribution is 2.23. The van der Waals surface area contributed by atoms with Gasteiger partial charge in [0.15, 0.2) is 0 Å². The second-order valence-electron chi connectivity index (χ2n) is 6.03. The van der Waals surface area contributed by atoms with Crippen molar-refractivity contribution in [3.63, 3.8) is 0 Å². The van der Waals surface area contributed by atoms with Crippen molar-refractivity contribution in [1.29, 1.82) is 0 Å². The maximum Gasteiger partial charge on any atom is 0.305 e. The molecule has 2 N–H and O–H groups in total. The summed E-state index contributed by atoms with van der Waals surface area (Å²) < 4.78 is 28.1. The van der Waals surface area contributed by atoms with Gasteiger partial charge >= 0.3 is 5.97 Å². The zero-order valence-electron chi connectivity index (χ0n) is 14.6. The molecule has 7 heteroatoms. The van der Waals surface area contributed by atoms with Gasteiger partial charge in [-0.2, -0.15) is 0 Å². The third-order valence-electron chi connectivity index (χ3n) is 4.10. The van der Waals surface area contributed by atoms with E-state index in [1.807, 2.05) is 0 Å². The Bertz CT molecular complexity index is 1020. The smallest absolute Gasteiger partial charge is 0.305 e. The van der Waals surface area contributed by atoms with Crippen molar-refractivity contribution in [2.75, 3.05) is 0 Å². The first kappa shape index (κ1) is 19.2. The zero-order valence-corrected chi connectivity index (χ0v) is 14.6. The normalized spacial score (nSPS) is 11.6. The lowest BCUT2D eigenvalue weighted by Crippen LogP contribution is -2.31. The highest BCUT2D eigenvalue weighted by atomic mass is 19.1. The van der Waals surface area contributed by atoms with Crippen LogP contribution in [0, 0.1) is 11.6 Å². The standard InChI is InChI=1S/C21H16F2N2O3/c22-15-8-3-1-6-13(15)17-10-5-11-18(24-17)21(28)25-19(12-20(26)27)14-7-2-4-9-16(14)23/h1-11,19H,12H2,(H,25,28)(H,26,27)/t19-/m0/s1. The van der Waals surface area contributed by atoms with Crippen LogP contribution in [-0.2, 0) is 4.79 Å². The largest absolute Gasteiger partial charge is 0.481 e. The number of halogens is 2. The van der Waals surface area contributed by atoms with Gasteiger partial charge in [-0.1, -0.05) is 36.4 Å². The van der Waals surface area contributed by atoms with Gasteiger partial charge in [0.2, 0.25) is 0 Å². The van der Waals surface area contributed by atoms with E-state index >= 15 is 0 Å². The number of aliphatic carboxylic acids is 1. The van der Waals surface area contributed by atoms with Crippen LogP contribution >= 0.6 is 0 Å². The number of hydrogen-bond acceptors (Lipinski definition) is 3. The average molecular weight is 382 g/mol. The molecule has 142 valence electrons. The first-order valence-corrected chi connectivity index (χ1v) is 8.44. The van der Waals surface area contributed by atoms with Crippen LogP contribution in [0.15, 0.2) is 66.7 Å². The number of pyridine rings is 1. The summed E-state index contributed by atoms with van der Waals surface area (Å²) in [6.07, 6.45) is -0.500. The van der Waals surface area contributed by atoms with Gasteiger partial charge in [0.25, 0.3) is 5.91 Å². The molecule has 0 spiro atoms. The SMILES string of the molecule is O=C(O)C[C@H](NC(=O)c1cccc(-c2ccccc2F)n1)c1ccccc1F. The quantitative estimate of drug-likeness (QED) is 0.676. The Morgan fingerprint density at radius 2 is 1.61 bits per heavy atom. The van der Waals surface area contributed by atoms with Crippen molar-refractivity contribution >= 4 is 11.9 Å². The van der Waals surface area contributed by atoms with Crippen LogP contribution in [0.1, 0.15) is 28.5 Å². The van der Waals surface area contributed by atoms with E-state index in [4.69, 9.17) is 5.11 Å². The third kappa shape index (κ3) is 4.37. The molecule has 0 fully saturated rings. The Balaban J connectivity index is 1.88. The van der Waals surface area contributed by atoms with Crippen molar-refractivity contribution in [2.45, 2.75) is 12.5 Å². The van der Waals surface area contributed by atoms with Crippen LogP contribution in [0.3, 0.4) is 0 Å². The van der Waals surface area contributed by atoms with E-state index in [0.29, 0.717) is 0 Å². The van der Waals surface area contributed by atoms with Gasteiger partial charge in [-0.25, -0.2) is 13.8 Å². The molecule has 3 aromatic rings. The monoisotopic (exact) mass is 382 g/mol. The topological polar surface area (TPSA) is 79.3 Å². The van der Waals surface area contributed by atoms with Crippen molar-refractivity contribution < 1.29 is 23.5 Å². The molecular weight excluding hydrogens is 366 g/mol. The van der Waals surface area contributed by atoms with Crippen molar-refractivity contribution in [1.82, 2.24) is 10.3 Å². The zero-order chi connectivity index (χ0) is 20.1. The van der Waals surface area contributed by atoms with Gasteiger partial charge in [-0.15, -0.1) is 0 Å². The van der Waals surface area contributed by atoms with Gasteiger partial charge in [0.1, 0.15) is 17.3 Å². The molecule has 1 amide bonds. The fraction of sp³-hybridized carbons (Fsp3) is 0.0952. The average Bonchev–Trinajstić information content (AvgIpc) is 2.68. The Morgan fingerprint density at radius 3 is 2.29 bits per heavy atom. The summed E-state index contributed by atoms with van der Waals surface area (Å²) in [7, 11) is 0. The maximum absolute atomic E-state index is 14.1. The second-order valence-corrected chi connectivity index (χ2v) is 6.03. The number of amides is 1. The van der Waals surface area contributed by atoms with Crippen LogP contribution in [0.25, 0.3) is 11.3 Å². The molecule has 0 aliphatic rings.